The van der Waals surface area contributed by atoms with Gasteiger partial charge in [0.05, 0.1) is 0 Å². The van der Waals surface area contributed by atoms with Crippen molar-refractivity contribution in [3.63, 3.8) is 0 Å². The number of carbonyl (C=O) groups excluding carboxylic acids is 1. The predicted octanol–water partition coefficient (Wildman–Crippen LogP) is 2.58. The van der Waals surface area contributed by atoms with Gasteiger partial charge in [-0.2, -0.15) is 0 Å². The van der Waals surface area contributed by atoms with Crippen LogP contribution < -0.4 is 10.6 Å². The van der Waals surface area contributed by atoms with Crippen molar-refractivity contribution in [3.8, 4) is 0 Å². The van der Waals surface area contributed by atoms with Gasteiger partial charge >= 0.3 is 0 Å². The highest BCUT2D eigenvalue weighted by Crippen LogP contribution is 2.25. The van der Waals surface area contributed by atoms with Crippen LogP contribution in [0.2, 0.25) is 0 Å². The standard InChI is InChI=1S/C14H18N2O2.ClH/c17-14(13-3-1-2-8-18-13)16-11-4-5-12-10(9-11)6-7-15-12;/h4-5,9,13,15H,1-3,6-8H2,(H,16,17);1H. The molecule has 0 spiro atoms. The minimum Gasteiger partial charge on any atom is -0.384 e. The largest absolute Gasteiger partial charge is 0.384 e. The average molecular weight is 283 g/mol. The Bertz CT molecular complexity index is 459. The summed E-state index contributed by atoms with van der Waals surface area (Å²) in [5.74, 6) is -0.0133. The van der Waals surface area contributed by atoms with Crippen molar-refractivity contribution in [1.82, 2.24) is 0 Å². The number of hydrogen-bond donors (Lipinski definition) is 2. The summed E-state index contributed by atoms with van der Waals surface area (Å²) in [5, 5.41) is 6.26. The first-order valence-electron chi connectivity index (χ1n) is 6.62. The van der Waals surface area contributed by atoms with Crippen molar-refractivity contribution >= 4 is 29.7 Å². The molecule has 0 aromatic heterocycles. The summed E-state index contributed by atoms with van der Waals surface area (Å²) in [6.07, 6.45) is 3.72. The molecule has 0 aliphatic carbocycles. The lowest BCUT2D eigenvalue weighted by Gasteiger charge is -2.21. The lowest BCUT2D eigenvalue weighted by molar-refractivity contribution is -0.129. The first-order valence-corrected chi connectivity index (χ1v) is 6.62. The first kappa shape index (κ1) is 14.2. The average Bonchev–Trinajstić information content (AvgIpc) is 2.87. The smallest absolute Gasteiger partial charge is 0.253 e. The molecule has 1 fully saturated rings. The second kappa shape index (κ2) is 6.26. The van der Waals surface area contributed by atoms with E-state index in [0.29, 0.717) is 6.61 Å². The Morgan fingerprint density at radius 2 is 2.26 bits per heavy atom. The van der Waals surface area contributed by atoms with Crippen LogP contribution in [0.3, 0.4) is 0 Å². The molecule has 1 aromatic carbocycles. The third-order valence-corrected chi connectivity index (χ3v) is 3.55. The van der Waals surface area contributed by atoms with Gasteiger partial charge in [-0.25, -0.2) is 0 Å². The summed E-state index contributed by atoms with van der Waals surface area (Å²) in [7, 11) is 0. The molecule has 3 rings (SSSR count). The molecule has 104 valence electrons. The van der Waals surface area contributed by atoms with Crippen LogP contribution in [-0.4, -0.2) is 25.2 Å². The normalized spacial score (nSPS) is 20.9. The van der Waals surface area contributed by atoms with Crippen molar-refractivity contribution in [3.05, 3.63) is 23.8 Å². The summed E-state index contributed by atoms with van der Waals surface area (Å²) in [6.45, 7) is 1.69. The molecule has 0 bridgehead atoms. The third kappa shape index (κ3) is 3.19. The van der Waals surface area contributed by atoms with Crippen LogP contribution in [0.4, 0.5) is 11.4 Å². The SMILES string of the molecule is Cl.O=C(Nc1ccc2c(c1)CCN2)C1CCCCO1. The van der Waals surface area contributed by atoms with Crippen LogP contribution in [0.5, 0.6) is 0 Å². The minimum atomic E-state index is -0.273. The van der Waals surface area contributed by atoms with Crippen molar-refractivity contribution in [2.75, 3.05) is 23.8 Å². The van der Waals surface area contributed by atoms with Gasteiger partial charge in [-0.15, -0.1) is 12.4 Å². The Balaban J connectivity index is 0.00000133. The van der Waals surface area contributed by atoms with Gasteiger partial charge in [0.15, 0.2) is 0 Å². The minimum absolute atomic E-state index is 0. The predicted molar refractivity (Wildman–Crippen MR) is 78.1 cm³/mol. The molecule has 1 unspecified atom stereocenters. The first-order chi connectivity index (χ1) is 8.83. The number of anilines is 2. The molecule has 4 nitrogen and oxygen atoms in total. The van der Waals surface area contributed by atoms with E-state index in [1.54, 1.807) is 0 Å². The van der Waals surface area contributed by atoms with Gasteiger partial charge in [-0.1, -0.05) is 0 Å². The number of nitrogens with one attached hydrogen (secondary N) is 2. The van der Waals surface area contributed by atoms with Gasteiger partial charge in [0, 0.05) is 24.5 Å². The summed E-state index contributed by atoms with van der Waals surface area (Å²) < 4.78 is 5.48. The number of carbonyl (C=O) groups is 1. The van der Waals surface area contributed by atoms with Crippen molar-refractivity contribution in [1.29, 1.82) is 0 Å². The third-order valence-electron chi connectivity index (χ3n) is 3.55. The van der Waals surface area contributed by atoms with E-state index in [0.717, 1.165) is 37.9 Å². The number of hydrogen-bond acceptors (Lipinski definition) is 3. The van der Waals surface area contributed by atoms with Crippen LogP contribution in [0.25, 0.3) is 0 Å². The quantitative estimate of drug-likeness (QED) is 0.877. The van der Waals surface area contributed by atoms with Crippen molar-refractivity contribution < 1.29 is 9.53 Å². The molecule has 1 amide bonds. The van der Waals surface area contributed by atoms with Gasteiger partial charge in [0.1, 0.15) is 6.10 Å². The highest BCUT2D eigenvalue weighted by Gasteiger charge is 2.22. The van der Waals surface area contributed by atoms with Gasteiger partial charge in [-0.3, -0.25) is 4.79 Å². The maximum Gasteiger partial charge on any atom is 0.253 e. The van der Waals surface area contributed by atoms with E-state index in [2.05, 4.69) is 16.7 Å². The highest BCUT2D eigenvalue weighted by atomic mass is 35.5. The summed E-state index contributed by atoms with van der Waals surface area (Å²) in [6, 6.07) is 6.02. The molecule has 19 heavy (non-hydrogen) atoms. The van der Waals surface area contributed by atoms with Gasteiger partial charge < -0.3 is 15.4 Å². The van der Waals surface area contributed by atoms with E-state index in [-0.39, 0.29) is 24.4 Å². The zero-order valence-electron chi connectivity index (χ0n) is 10.8. The fourth-order valence-electron chi connectivity index (χ4n) is 2.55. The fourth-order valence-corrected chi connectivity index (χ4v) is 2.55. The molecular formula is C14H19ClN2O2. The second-order valence-corrected chi connectivity index (χ2v) is 4.89. The number of fused-ring (bicyclic) bond motifs is 1. The zero-order valence-corrected chi connectivity index (χ0v) is 11.6. The Hall–Kier alpha value is -1.26. The lowest BCUT2D eigenvalue weighted by atomic mass is 10.1. The number of halogens is 1. The van der Waals surface area contributed by atoms with Crippen LogP contribution in [0.15, 0.2) is 18.2 Å². The molecule has 2 aliphatic heterocycles. The van der Waals surface area contributed by atoms with E-state index in [9.17, 15) is 4.79 Å². The maximum atomic E-state index is 12.0. The van der Waals surface area contributed by atoms with Crippen LogP contribution in [-0.2, 0) is 16.0 Å². The molecule has 1 aromatic rings. The Morgan fingerprint density at radius 1 is 1.37 bits per heavy atom. The fraction of sp³-hybridized carbons (Fsp3) is 0.500. The van der Waals surface area contributed by atoms with E-state index >= 15 is 0 Å². The molecule has 0 radical (unpaired) electrons. The summed E-state index contributed by atoms with van der Waals surface area (Å²) in [4.78, 5) is 12.0. The number of rotatable bonds is 2. The molecule has 2 N–H and O–H groups in total. The molecular weight excluding hydrogens is 264 g/mol. The Labute approximate surface area is 119 Å². The van der Waals surface area contributed by atoms with Gasteiger partial charge in [-0.05, 0) is 49.4 Å². The number of amides is 1. The highest BCUT2D eigenvalue weighted by molar-refractivity contribution is 5.94. The molecule has 0 saturated carbocycles. The monoisotopic (exact) mass is 282 g/mol. The van der Waals surface area contributed by atoms with Crippen LogP contribution >= 0.6 is 12.4 Å². The molecule has 2 aliphatic rings. The maximum absolute atomic E-state index is 12.0. The van der Waals surface area contributed by atoms with E-state index in [1.165, 1.54) is 11.3 Å². The van der Waals surface area contributed by atoms with E-state index < -0.39 is 0 Å². The molecule has 5 heteroatoms. The molecule has 1 saturated heterocycles. The Kier molecular flexibility index (Phi) is 4.66. The summed E-state index contributed by atoms with van der Waals surface area (Å²) >= 11 is 0. The molecule has 1 atom stereocenters. The Morgan fingerprint density at radius 3 is 3.05 bits per heavy atom. The van der Waals surface area contributed by atoms with Crippen molar-refractivity contribution in [2.45, 2.75) is 31.8 Å². The number of ether oxygens (including phenoxy) is 1. The van der Waals surface area contributed by atoms with E-state index in [4.69, 9.17) is 4.74 Å². The van der Waals surface area contributed by atoms with Crippen LogP contribution in [0, 0.1) is 0 Å². The number of benzene rings is 1. The second-order valence-electron chi connectivity index (χ2n) is 4.89. The topological polar surface area (TPSA) is 50.4 Å². The van der Waals surface area contributed by atoms with Crippen LogP contribution in [0.1, 0.15) is 24.8 Å². The van der Waals surface area contributed by atoms with E-state index in [1.807, 2.05) is 12.1 Å². The summed E-state index contributed by atoms with van der Waals surface area (Å²) in [5.41, 5.74) is 3.33. The molecule has 2 heterocycles. The van der Waals surface area contributed by atoms with Gasteiger partial charge in [0.25, 0.3) is 5.91 Å². The zero-order chi connectivity index (χ0) is 12.4. The van der Waals surface area contributed by atoms with Crippen molar-refractivity contribution in [2.24, 2.45) is 0 Å². The lowest BCUT2D eigenvalue weighted by Crippen LogP contribution is -2.33. The van der Waals surface area contributed by atoms with Gasteiger partial charge in [0.2, 0.25) is 0 Å².